The van der Waals surface area contributed by atoms with Crippen LogP contribution in [-0.2, 0) is 9.53 Å². The number of hydrogen-bond acceptors (Lipinski definition) is 4. The van der Waals surface area contributed by atoms with E-state index in [0.717, 1.165) is 36.9 Å². The molecule has 6 nitrogen and oxygen atoms in total. The van der Waals surface area contributed by atoms with Gasteiger partial charge in [-0.2, -0.15) is 0 Å². The van der Waals surface area contributed by atoms with E-state index in [0.29, 0.717) is 6.61 Å². The van der Waals surface area contributed by atoms with E-state index in [1.165, 1.54) is 0 Å². The number of esters is 1. The Bertz CT molecular complexity index is 584. The molecule has 0 bridgehead atoms. The van der Waals surface area contributed by atoms with Crippen molar-refractivity contribution in [3.05, 3.63) is 40.3 Å². The van der Waals surface area contributed by atoms with Crippen LogP contribution >= 0.6 is 0 Å². The maximum Gasteiger partial charge on any atom is 0.328 e. The van der Waals surface area contributed by atoms with Gasteiger partial charge < -0.3 is 10.1 Å². The normalized spacial score (nSPS) is 22.4. The zero-order valence-corrected chi connectivity index (χ0v) is 13.7. The molecule has 1 N–H and O–H groups in total. The molecule has 3 atom stereocenters. The number of fused-ring (bicyclic) bond motifs is 1. The van der Waals surface area contributed by atoms with Crippen LogP contribution in [0.3, 0.4) is 0 Å². The van der Waals surface area contributed by atoms with Crippen molar-refractivity contribution < 1.29 is 9.53 Å². The van der Waals surface area contributed by atoms with E-state index in [1.807, 2.05) is 24.3 Å². The van der Waals surface area contributed by atoms with Gasteiger partial charge in [0.25, 0.3) is 0 Å². The number of ether oxygens (including phenoxy) is 1. The molecule has 0 spiro atoms. The summed E-state index contributed by atoms with van der Waals surface area (Å²) in [4.78, 5) is 15.4. The largest absolute Gasteiger partial charge is 0.464 e. The van der Waals surface area contributed by atoms with Gasteiger partial charge in [0.05, 0.1) is 12.6 Å². The molecule has 124 valence electrons. The summed E-state index contributed by atoms with van der Waals surface area (Å²) >= 11 is 0. The van der Waals surface area contributed by atoms with Gasteiger partial charge in [-0.15, -0.1) is 0 Å². The van der Waals surface area contributed by atoms with Crippen LogP contribution in [0.25, 0.3) is 10.4 Å². The smallest absolute Gasteiger partial charge is 0.328 e. The third-order valence-electron chi connectivity index (χ3n) is 4.28. The van der Waals surface area contributed by atoms with Crippen molar-refractivity contribution in [2.24, 2.45) is 11.0 Å². The van der Waals surface area contributed by atoms with Gasteiger partial charge >= 0.3 is 5.97 Å². The van der Waals surface area contributed by atoms with E-state index in [1.54, 1.807) is 6.92 Å². The van der Waals surface area contributed by atoms with Crippen molar-refractivity contribution in [2.75, 3.05) is 11.9 Å². The second-order valence-electron chi connectivity index (χ2n) is 5.77. The maximum atomic E-state index is 12.4. The topological polar surface area (TPSA) is 87.1 Å². The van der Waals surface area contributed by atoms with Crippen LogP contribution in [0.2, 0.25) is 0 Å². The van der Waals surface area contributed by atoms with Crippen molar-refractivity contribution in [2.45, 2.75) is 51.6 Å². The Morgan fingerprint density at radius 3 is 2.83 bits per heavy atom. The molecular weight excluding hydrogens is 292 g/mol. The second kappa shape index (κ2) is 8.44. The summed E-state index contributed by atoms with van der Waals surface area (Å²) in [7, 11) is 0. The molecule has 0 aromatic heterocycles. The zero-order chi connectivity index (χ0) is 16.7. The molecule has 6 heteroatoms. The van der Waals surface area contributed by atoms with Gasteiger partial charge in [0.1, 0.15) is 6.04 Å². The van der Waals surface area contributed by atoms with Crippen molar-refractivity contribution in [3.63, 3.8) is 0 Å². The molecule has 1 heterocycles. The minimum absolute atomic E-state index is 0.0913. The van der Waals surface area contributed by atoms with Crippen molar-refractivity contribution >= 4 is 11.7 Å². The number of benzene rings is 1. The molecule has 2 rings (SSSR count). The number of nitrogens with one attached hydrogen (secondary N) is 1. The fourth-order valence-corrected chi connectivity index (χ4v) is 3.20. The summed E-state index contributed by atoms with van der Waals surface area (Å²) in [5, 5.41) is 7.30. The first-order valence-corrected chi connectivity index (χ1v) is 8.29. The summed E-state index contributed by atoms with van der Waals surface area (Å²) in [6, 6.07) is 6.87. The van der Waals surface area contributed by atoms with Crippen molar-refractivity contribution in [3.8, 4) is 0 Å². The Morgan fingerprint density at radius 2 is 2.13 bits per heavy atom. The van der Waals surface area contributed by atoms with Crippen molar-refractivity contribution in [1.82, 2.24) is 0 Å². The highest BCUT2D eigenvalue weighted by molar-refractivity contribution is 5.81. The van der Waals surface area contributed by atoms with Crippen LogP contribution in [0, 0.1) is 5.92 Å². The Balaban J connectivity index is 2.36. The molecule has 0 saturated carbocycles. The van der Waals surface area contributed by atoms with Crippen LogP contribution in [-0.4, -0.2) is 18.6 Å². The van der Waals surface area contributed by atoms with E-state index in [-0.39, 0.29) is 17.9 Å². The molecule has 1 aliphatic rings. The van der Waals surface area contributed by atoms with Crippen LogP contribution in [0.1, 0.15) is 51.1 Å². The summed E-state index contributed by atoms with van der Waals surface area (Å²) in [5.74, 6) is -0.368. The Labute approximate surface area is 136 Å². The Kier molecular flexibility index (Phi) is 6.29. The zero-order valence-electron chi connectivity index (χ0n) is 13.7. The average Bonchev–Trinajstić information content (AvgIpc) is 2.56. The first-order chi connectivity index (χ1) is 11.2. The molecule has 0 fully saturated rings. The van der Waals surface area contributed by atoms with Gasteiger partial charge in [-0.05, 0) is 30.5 Å². The Morgan fingerprint density at radius 1 is 1.35 bits per heavy atom. The van der Waals surface area contributed by atoms with Crippen LogP contribution < -0.4 is 5.32 Å². The summed E-state index contributed by atoms with van der Waals surface area (Å²) in [6.45, 7) is 4.28. The van der Waals surface area contributed by atoms with Gasteiger partial charge in [0.2, 0.25) is 0 Å². The van der Waals surface area contributed by atoms with Crippen LogP contribution in [0.15, 0.2) is 29.4 Å². The number of carbonyl (C=O) groups is 1. The van der Waals surface area contributed by atoms with E-state index >= 15 is 0 Å². The van der Waals surface area contributed by atoms with Gasteiger partial charge in [-0.1, -0.05) is 49.5 Å². The number of unbranched alkanes of at least 4 members (excludes halogenated alkanes) is 2. The molecule has 0 saturated heterocycles. The summed E-state index contributed by atoms with van der Waals surface area (Å²) in [5.41, 5.74) is 10.8. The molecule has 23 heavy (non-hydrogen) atoms. The minimum atomic E-state index is -0.475. The van der Waals surface area contributed by atoms with Crippen LogP contribution in [0.5, 0.6) is 0 Å². The number of anilines is 1. The number of azide groups is 1. The van der Waals surface area contributed by atoms with E-state index in [9.17, 15) is 4.79 Å². The first kappa shape index (κ1) is 17.2. The standard InChI is InChI=1S/C17H24N4O2/c1-3-5-6-10-13-15(20-21-18)12-9-7-8-11-14(12)19-16(13)17(22)23-4-2/h7-9,11,13,15-16,19H,3-6,10H2,1-2H3/t13-,15-,16+/m1/s1. The molecule has 1 aromatic rings. The number of rotatable bonds is 7. The molecule has 1 aliphatic heterocycles. The highest BCUT2D eigenvalue weighted by Gasteiger charge is 2.40. The predicted octanol–water partition coefficient (Wildman–Crippen LogP) is 4.59. The SMILES string of the molecule is CCCCC[C@H]1[C@@H](C(=O)OCC)Nc2ccccc2[C@H]1N=[N+]=[N-]. The first-order valence-electron chi connectivity index (χ1n) is 8.29. The molecule has 0 radical (unpaired) electrons. The molecule has 0 unspecified atom stereocenters. The molecule has 0 aliphatic carbocycles. The minimum Gasteiger partial charge on any atom is -0.464 e. The predicted molar refractivity (Wildman–Crippen MR) is 90.0 cm³/mol. The number of hydrogen-bond donors (Lipinski definition) is 1. The third kappa shape index (κ3) is 3.96. The lowest BCUT2D eigenvalue weighted by molar-refractivity contribution is -0.145. The summed E-state index contributed by atoms with van der Waals surface area (Å²) in [6.07, 6.45) is 4.02. The van der Waals surface area contributed by atoms with E-state index < -0.39 is 6.04 Å². The van der Waals surface area contributed by atoms with E-state index in [4.69, 9.17) is 10.3 Å². The van der Waals surface area contributed by atoms with Gasteiger partial charge in [0.15, 0.2) is 0 Å². The fraction of sp³-hybridized carbons (Fsp3) is 0.588. The number of nitrogens with zero attached hydrogens (tertiary/aromatic N) is 3. The maximum absolute atomic E-state index is 12.4. The van der Waals surface area contributed by atoms with Gasteiger partial charge in [-0.3, -0.25) is 0 Å². The van der Waals surface area contributed by atoms with Gasteiger partial charge in [0, 0.05) is 16.5 Å². The molecular formula is C17H24N4O2. The number of para-hydroxylation sites is 1. The highest BCUT2D eigenvalue weighted by Crippen LogP contribution is 2.42. The van der Waals surface area contributed by atoms with Crippen molar-refractivity contribution in [1.29, 1.82) is 0 Å². The lowest BCUT2D eigenvalue weighted by Gasteiger charge is -2.37. The Hall–Kier alpha value is -2.20. The molecule has 1 aromatic carbocycles. The van der Waals surface area contributed by atoms with Crippen LogP contribution in [0.4, 0.5) is 5.69 Å². The summed E-state index contributed by atoms with van der Waals surface area (Å²) < 4.78 is 5.22. The fourth-order valence-electron chi connectivity index (χ4n) is 3.20. The number of carbonyl (C=O) groups excluding carboxylic acids is 1. The second-order valence-corrected chi connectivity index (χ2v) is 5.77. The molecule has 0 amide bonds. The monoisotopic (exact) mass is 316 g/mol. The van der Waals surface area contributed by atoms with E-state index in [2.05, 4.69) is 22.3 Å². The highest BCUT2D eigenvalue weighted by atomic mass is 16.5. The van der Waals surface area contributed by atoms with Gasteiger partial charge in [-0.25, -0.2) is 4.79 Å². The quantitative estimate of drug-likeness (QED) is 0.262. The lowest BCUT2D eigenvalue weighted by Crippen LogP contribution is -2.44. The third-order valence-corrected chi connectivity index (χ3v) is 4.28. The average molecular weight is 316 g/mol. The lowest BCUT2D eigenvalue weighted by atomic mass is 9.79.